The van der Waals surface area contributed by atoms with Gasteiger partial charge in [-0.25, -0.2) is 4.39 Å². The van der Waals surface area contributed by atoms with Crippen LogP contribution in [0, 0.1) is 5.82 Å². The van der Waals surface area contributed by atoms with E-state index < -0.39 is 0 Å². The van der Waals surface area contributed by atoms with Crippen molar-refractivity contribution < 1.29 is 14.0 Å². The summed E-state index contributed by atoms with van der Waals surface area (Å²) in [6, 6.07) is 20.3. The largest absolute Gasteiger partial charge is 0.311 e. The van der Waals surface area contributed by atoms with Gasteiger partial charge in [-0.05, 0) is 72.8 Å². The van der Waals surface area contributed by atoms with E-state index in [1.54, 1.807) is 36.4 Å². The average Bonchev–Trinajstić information content (AvgIpc) is 2.64. The fourth-order valence-electron chi connectivity index (χ4n) is 2.44. The molecule has 3 nitrogen and oxygen atoms in total. The summed E-state index contributed by atoms with van der Waals surface area (Å²) in [5, 5.41) is 0. The van der Waals surface area contributed by atoms with E-state index in [4.69, 9.17) is 0 Å². The van der Waals surface area contributed by atoms with Gasteiger partial charge in [0.1, 0.15) is 18.4 Å². The molecule has 0 unspecified atom stereocenters. The van der Waals surface area contributed by atoms with Crippen molar-refractivity contribution in [2.45, 2.75) is 0 Å². The number of halogens is 1. The molecule has 118 valence electrons. The summed E-state index contributed by atoms with van der Waals surface area (Å²) in [4.78, 5) is 23.6. The lowest BCUT2D eigenvalue weighted by Crippen LogP contribution is -2.10. The van der Waals surface area contributed by atoms with Crippen LogP contribution in [0.15, 0.2) is 72.8 Å². The SMILES string of the molecule is O=Cc1ccc(N(c2ccc(F)cc2)c2ccc(C=O)cc2)cc1. The number of rotatable bonds is 5. The van der Waals surface area contributed by atoms with E-state index in [0.29, 0.717) is 11.1 Å². The third kappa shape index (κ3) is 3.22. The molecule has 3 aromatic rings. The molecule has 0 N–H and O–H groups in total. The standard InChI is InChI=1S/C20H14FNO2/c21-17-5-11-20(12-6-17)22(18-7-1-15(13-23)2-8-18)19-9-3-16(14-24)4-10-19/h1-14H. The third-order valence-corrected chi connectivity index (χ3v) is 3.66. The highest BCUT2D eigenvalue weighted by Gasteiger charge is 2.12. The number of hydrogen-bond acceptors (Lipinski definition) is 3. The van der Waals surface area contributed by atoms with Crippen LogP contribution in [0.3, 0.4) is 0 Å². The van der Waals surface area contributed by atoms with Crippen LogP contribution >= 0.6 is 0 Å². The summed E-state index contributed by atoms with van der Waals surface area (Å²) >= 11 is 0. The van der Waals surface area contributed by atoms with Gasteiger partial charge in [-0.1, -0.05) is 0 Å². The Morgan fingerprint density at radius 3 is 1.25 bits per heavy atom. The van der Waals surface area contributed by atoms with Crippen LogP contribution in [-0.4, -0.2) is 12.6 Å². The van der Waals surface area contributed by atoms with Gasteiger partial charge in [-0.3, -0.25) is 9.59 Å². The van der Waals surface area contributed by atoms with Crippen molar-refractivity contribution in [1.82, 2.24) is 0 Å². The maximum absolute atomic E-state index is 13.3. The molecule has 0 saturated carbocycles. The highest BCUT2D eigenvalue weighted by Crippen LogP contribution is 2.34. The summed E-state index contributed by atoms with van der Waals surface area (Å²) in [5.74, 6) is -0.314. The second-order valence-electron chi connectivity index (χ2n) is 5.23. The van der Waals surface area contributed by atoms with Crippen LogP contribution < -0.4 is 4.90 Å². The number of aldehydes is 2. The molecule has 0 aliphatic carbocycles. The molecule has 0 aliphatic rings. The molecule has 0 fully saturated rings. The van der Waals surface area contributed by atoms with Gasteiger partial charge in [0.15, 0.2) is 0 Å². The molecular formula is C20H14FNO2. The predicted octanol–water partition coefficient (Wildman–Crippen LogP) is 4.92. The summed E-state index contributed by atoms with van der Waals surface area (Å²) in [7, 11) is 0. The molecule has 24 heavy (non-hydrogen) atoms. The molecule has 0 spiro atoms. The monoisotopic (exact) mass is 319 g/mol. The first-order valence-corrected chi connectivity index (χ1v) is 7.37. The summed E-state index contributed by atoms with van der Waals surface area (Å²) < 4.78 is 13.3. The molecule has 3 aromatic carbocycles. The molecule has 0 amide bonds. The molecule has 0 bridgehead atoms. The van der Waals surface area contributed by atoms with Crippen molar-refractivity contribution in [3.63, 3.8) is 0 Å². The van der Waals surface area contributed by atoms with Crippen LogP contribution in [0.1, 0.15) is 20.7 Å². The second-order valence-corrected chi connectivity index (χ2v) is 5.23. The van der Waals surface area contributed by atoms with E-state index in [2.05, 4.69) is 0 Å². The maximum atomic E-state index is 13.3. The van der Waals surface area contributed by atoms with E-state index in [1.807, 2.05) is 29.2 Å². The maximum Gasteiger partial charge on any atom is 0.150 e. The van der Waals surface area contributed by atoms with Gasteiger partial charge in [0, 0.05) is 28.2 Å². The lowest BCUT2D eigenvalue weighted by molar-refractivity contribution is 0.111. The third-order valence-electron chi connectivity index (χ3n) is 3.66. The Morgan fingerprint density at radius 1 is 0.583 bits per heavy atom. The number of carbonyl (C=O) groups is 2. The zero-order chi connectivity index (χ0) is 16.9. The minimum absolute atomic E-state index is 0.314. The van der Waals surface area contributed by atoms with E-state index in [1.165, 1.54) is 12.1 Å². The van der Waals surface area contributed by atoms with Crippen molar-refractivity contribution in [3.8, 4) is 0 Å². The number of carbonyl (C=O) groups excluding carboxylic acids is 2. The number of hydrogen-bond donors (Lipinski definition) is 0. The zero-order valence-electron chi connectivity index (χ0n) is 12.7. The van der Waals surface area contributed by atoms with Gasteiger partial charge in [0.05, 0.1) is 0 Å². The highest BCUT2D eigenvalue weighted by molar-refractivity contribution is 5.82. The summed E-state index contributed by atoms with van der Waals surface area (Å²) in [6.45, 7) is 0. The normalized spacial score (nSPS) is 10.2. The first-order chi connectivity index (χ1) is 11.7. The molecule has 0 aliphatic heterocycles. The molecule has 0 saturated heterocycles. The lowest BCUT2D eigenvalue weighted by Gasteiger charge is -2.25. The fourth-order valence-corrected chi connectivity index (χ4v) is 2.44. The van der Waals surface area contributed by atoms with E-state index in [-0.39, 0.29) is 5.82 Å². The molecule has 3 rings (SSSR count). The number of nitrogens with zero attached hydrogens (tertiary/aromatic N) is 1. The molecule has 0 aromatic heterocycles. The van der Waals surface area contributed by atoms with Gasteiger partial charge >= 0.3 is 0 Å². The second kappa shape index (κ2) is 6.87. The van der Waals surface area contributed by atoms with Gasteiger partial charge in [0.2, 0.25) is 0 Å². The molecule has 0 radical (unpaired) electrons. The zero-order valence-corrected chi connectivity index (χ0v) is 12.7. The van der Waals surface area contributed by atoms with Gasteiger partial charge < -0.3 is 4.90 Å². The summed E-state index contributed by atoms with van der Waals surface area (Å²) in [6.07, 6.45) is 1.57. The molecule has 4 heteroatoms. The van der Waals surface area contributed by atoms with Crippen LogP contribution in [-0.2, 0) is 0 Å². The molecule has 0 heterocycles. The first kappa shape index (κ1) is 15.6. The van der Waals surface area contributed by atoms with Crippen LogP contribution in [0.25, 0.3) is 0 Å². The topological polar surface area (TPSA) is 37.4 Å². The van der Waals surface area contributed by atoms with Crippen LogP contribution in [0.4, 0.5) is 21.5 Å². The number of anilines is 3. The highest BCUT2D eigenvalue weighted by atomic mass is 19.1. The van der Waals surface area contributed by atoms with E-state index >= 15 is 0 Å². The lowest BCUT2D eigenvalue weighted by atomic mass is 10.1. The van der Waals surface area contributed by atoms with Crippen LogP contribution in [0.5, 0.6) is 0 Å². The Bertz CT molecular complexity index is 789. The van der Waals surface area contributed by atoms with Gasteiger partial charge in [0.25, 0.3) is 0 Å². The van der Waals surface area contributed by atoms with Gasteiger partial charge in [-0.15, -0.1) is 0 Å². The Hall–Kier alpha value is -3.27. The summed E-state index contributed by atoms with van der Waals surface area (Å²) in [5.41, 5.74) is 3.58. The quantitative estimate of drug-likeness (QED) is 0.626. The van der Waals surface area contributed by atoms with E-state index in [0.717, 1.165) is 29.6 Å². The Balaban J connectivity index is 2.09. The van der Waals surface area contributed by atoms with E-state index in [9.17, 15) is 14.0 Å². The smallest absolute Gasteiger partial charge is 0.150 e. The Kier molecular flexibility index (Phi) is 4.47. The van der Waals surface area contributed by atoms with Gasteiger partial charge in [-0.2, -0.15) is 0 Å². The predicted molar refractivity (Wildman–Crippen MR) is 91.9 cm³/mol. The first-order valence-electron chi connectivity index (χ1n) is 7.37. The minimum Gasteiger partial charge on any atom is -0.311 e. The number of benzene rings is 3. The minimum atomic E-state index is -0.314. The van der Waals surface area contributed by atoms with Crippen molar-refractivity contribution in [2.75, 3.05) is 4.90 Å². The molecule has 0 atom stereocenters. The fraction of sp³-hybridized carbons (Fsp3) is 0. The molecular weight excluding hydrogens is 305 g/mol. The van der Waals surface area contributed by atoms with Crippen LogP contribution in [0.2, 0.25) is 0 Å². The average molecular weight is 319 g/mol. The Labute approximate surface area is 139 Å². The van der Waals surface area contributed by atoms with Crippen molar-refractivity contribution in [3.05, 3.63) is 89.7 Å². The Morgan fingerprint density at radius 2 is 0.917 bits per heavy atom. The van der Waals surface area contributed by atoms with Crippen molar-refractivity contribution in [1.29, 1.82) is 0 Å². The van der Waals surface area contributed by atoms with Crippen molar-refractivity contribution >= 4 is 29.6 Å². The van der Waals surface area contributed by atoms with Crippen molar-refractivity contribution in [2.24, 2.45) is 0 Å².